The summed E-state index contributed by atoms with van der Waals surface area (Å²) in [5.74, 6) is -2.40. The van der Waals surface area contributed by atoms with Gasteiger partial charge >= 0.3 is 5.97 Å². The lowest BCUT2D eigenvalue weighted by atomic mass is 10.1. The fraction of sp³-hybridized carbons (Fsp3) is 0.222. The highest BCUT2D eigenvalue weighted by atomic mass is 35.5. The zero-order valence-corrected chi connectivity index (χ0v) is 14.8. The number of benzene rings is 2. The quantitative estimate of drug-likeness (QED) is 0.581. The molecule has 0 spiro atoms. The van der Waals surface area contributed by atoms with Gasteiger partial charge in [0.05, 0.1) is 24.3 Å². The van der Waals surface area contributed by atoms with Gasteiger partial charge in [-0.25, -0.2) is 9.18 Å². The van der Waals surface area contributed by atoms with Gasteiger partial charge in [-0.2, -0.15) is 0 Å². The fourth-order valence-electron chi connectivity index (χ4n) is 2.09. The number of ketones is 1. The maximum atomic E-state index is 13.6. The number of hydrogen-bond donors (Lipinski definition) is 1. The molecule has 0 heterocycles. The lowest BCUT2D eigenvalue weighted by molar-refractivity contribution is 0.0474. The van der Waals surface area contributed by atoms with E-state index in [2.05, 4.69) is 0 Å². The summed E-state index contributed by atoms with van der Waals surface area (Å²) >= 11 is 5.85. The number of hydrogen-bond acceptors (Lipinski definition) is 6. The van der Waals surface area contributed by atoms with Gasteiger partial charge in [0.2, 0.25) is 0 Å². The number of aromatic hydroxyl groups is 1. The van der Waals surface area contributed by atoms with Crippen molar-refractivity contribution in [1.82, 2.24) is 0 Å². The topological polar surface area (TPSA) is 82.1 Å². The fourth-order valence-corrected chi connectivity index (χ4v) is 2.31. The number of esters is 1. The highest BCUT2D eigenvalue weighted by Crippen LogP contribution is 2.35. The number of carbonyl (C=O) groups is 2. The van der Waals surface area contributed by atoms with E-state index in [-0.39, 0.29) is 40.0 Å². The Balaban J connectivity index is 2.08. The number of methoxy groups -OCH3 is 1. The number of Topliss-reactive ketones (excluding diaryl/α,β-unsaturated/α-hetero) is 1. The molecule has 0 aromatic heterocycles. The van der Waals surface area contributed by atoms with Crippen LogP contribution >= 0.6 is 11.6 Å². The Morgan fingerprint density at radius 1 is 1.15 bits per heavy atom. The Hall–Kier alpha value is -2.80. The average molecular weight is 383 g/mol. The summed E-state index contributed by atoms with van der Waals surface area (Å²) in [6, 6.07) is 6.12. The largest absolute Gasteiger partial charge is 0.503 e. The third-order valence-corrected chi connectivity index (χ3v) is 3.66. The van der Waals surface area contributed by atoms with Gasteiger partial charge in [-0.15, -0.1) is 0 Å². The second-order valence-electron chi connectivity index (χ2n) is 5.09. The van der Waals surface area contributed by atoms with Crippen LogP contribution in [0.25, 0.3) is 0 Å². The number of carbonyl (C=O) groups excluding carboxylic acids is 2. The molecule has 138 valence electrons. The van der Waals surface area contributed by atoms with Crippen molar-refractivity contribution in [2.45, 2.75) is 6.92 Å². The predicted octanol–water partition coefficient (Wildman–Crippen LogP) is 3.63. The van der Waals surface area contributed by atoms with E-state index in [1.54, 1.807) is 6.92 Å². The van der Waals surface area contributed by atoms with Crippen LogP contribution in [0.5, 0.6) is 17.2 Å². The lowest BCUT2D eigenvalue weighted by Crippen LogP contribution is -2.14. The van der Waals surface area contributed by atoms with Crippen LogP contribution in [0.3, 0.4) is 0 Å². The van der Waals surface area contributed by atoms with E-state index < -0.39 is 24.2 Å². The molecule has 0 aliphatic carbocycles. The van der Waals surface area contributed by atoms with Crippen molar-refractivity contribution in [3.05, 3.63) is 52.3 Å². The van der Waals surface area contributed by atoms with Crippen LogP contribution in [0.2, 0.25) is 5.02 Å². The summed E-state index contributed by atoms with van der Waals surface area (Å²) in [6.45, 7) is 1.36. The minimum Gasteiger partial charge on any atom is -0.503 e. The molecule has 6 nitrogen and oxygen atoms in total. The van der Waals surface area contributed by atoms with Gasteiger partial charge < -0.3 is 19.3 Å². The maximum Gasteiger partial charge on any atom is 0.338 e. The molecule has 2 rings (SSSR count). The Morgan fingerprint density at radius 2 is 1.88 bits per heavy atom. The van der Waals surface area contributed by atoms with Gasteiger partial charge in [0.25, 0.3) is 0 Å². The van der Waals surface area contributed by atoms with Gasteiger partial charge in [0.15, 0.2) is 35.5 Å². The Bertz CT molecular complexity index is 837. The standard InChI is InChI=1S/C18H16ClFO6/c1-3-25-16-8-11(6-12(19)17(16)22)18(23)26-9-14(21)10-4-5-15(24-2)13(20)7-10/h4-8,22H,3,9H2,1-2H3. The number of halogens is 2. The van der Waals surface area contributed by atoms with Gasteiger partial charge in [0.1, 0.15) is 0 Å². The average Bonchev–Trinajstić information content (AvgIpc) is 2.63. The monoisotopic (exact) mass is 382 g/mol. The molecule has 0 saturated carbocycles. The van der Waals surface area contributed by atoms with Crippen molar-refractivity contribution in [1.29, 1.82) is 0 Å². The zero-order chi connectivity index (χ0) is 19.3. The molecule has 26 heavy (non-hydrogen) atoms. The van der Waals surface area contributed by atoms with E-state index in [4.69, 9.17) is 25.8 Å². The smallest absolute Gasteiger partial charge is 0.338 e. The summed E-state index contributed by atoms with van der Waals surface area (Å²) in [5.41, 5.74) is 0.0415. The van der Waals surface area contributed by atoms with Crippen molar-refractivity contribution < 1.29 is 33.3 Å². The van der Waals surface area contributed by atoms with Gasteiger partial charge in [-0.05, 0) is 37.3 Å². The zero-order valence-electron chi connectivity index (χ0n) is 14.0. The van der Waals surface area contributed by atoms with Crippen LogP contribution in [0.1, 0.15) is 27.6 Å². The molecular weight excluding hydrogens is 367 g/mol. The van der Waals surface area contributed by atoms with Crippen LogP contribution < -0.4 is 9.47 Å². The number of ether oxygens (including phenoxy) is 3. The molecule has 0 aliphatic heterocycles. The van der Waals surface area contributed by atoms with E-state index in [1.165, 1.54) is 31.4 Å². The molecule has 0 atom stereocenters. The van der Waals surface area contributed by atoms with E-state index in [9.17, 15) is 19.1 Å². The van der Waals surface area contributed by atoms with Crippen molar-refractivity contribution >= 4 is 23.4 Å². The highest BCUT2D eigenvalue weighted by Gasteiger charge is 2.17. The van der Waals surface area contributed by atoms with E-state index >= 15 is 0 Å². The molecule has 0 aliphatic rings. The molecule has 0 fully saturated rings. The third-order valence-electron chi connectivity index (χ3n) is 3.37. The Kier molecular flexibility index (Phi) is 6.41. The van der Waals surface area contributed by atoms with Crippen molar-refractivity contribution in [3.63, 3.8) is 0 Å². The van der Waals surface area contributed by atoms with Crippen LogP contribution in [-0.4, -0.2) is 37.2 Å². The molecule has 1 N–H and O–H groups in total. The van der Waals surface area contributed by atoms with Crippen molar-refractivity contribution in [2.75, 3.05) is 20.3 Å². The molecule has 0 amide bonds. The summed E-state index contributed by atoms with van der Waals surface area (Å²) in [6.07, 6.45) is 0. The summed E-state index contributed by atoms with van der Waals surface area (Å²) < 4.78 is 28.5. The van der Waals surface area contributed by atoms with Crippen LogP contribution in [0, 0.1) is 5.82 Å². The molecule has 0 saturated heterocycles. The second kappa shape index (κ2) is 8.53. The third kappa shape index (κ3) is 4.43. The van der Waals surface area contributed by atoms with Crippen LogP contribution in [0.4, 0.5) is 4.39 Å². The Labute approximate surface area is 154 Å². The first-order chi connectivity index (χ1) is 12.4. The first kappa shape index (κ1) is 19.5. The minimum atomic E-state index is -0.838. The number of phenols is 1. The van der Waals surface area contributed by atoms with E-state index in [1.807, 2.05) is 0 Å². The second-order valence-corrected chi connectivity index (χ2v) is 5.49. The molecule has 0 unspecified atom stereocenters. The normalized spacial score (nSPS) is 10.3. The highest BCUT2D eigenvalue weighted by molar-refractivity contribution is 6.32. The molecule has 0 bridgehead atoms. The van der Waals surface area contributed by atoms with E-state index in [0.29, 0.717) is 0 Å². The molecule has 2 aromatic carbocycles. The summed E-state index contributed by atoms with van der Waals surface area (Å²) in [4.78, 5) is 24.2. The van der Waals surface area contributed by atoms with Crippen molar-refractivity contribution in [2.24, 2.45) is 0 Å². The first-order valence-electron chi connectivity index (χ1n) is 7.56. The number of phenolic OH excluding ortho intramolecular Hbond substituents is 1. The van der Waals surface area contributed by atoms with Gasteiger partial charge in [0, 0.05) is 5.56 Å². The lowest BCUT2D eigenvalue weighted by Gasteiger charge is -2.10. The molecule has 8 heteroatoms. The van der Waals surface area contributed by atoms with Crippen molar-refractivity contribution in [3.8, 4) is 17.2 Å². The van der Waals surface area contributed by atoms with Crippen LogP contribution in [0.15, 0.2) is 30.3 Å². The van der Waals surface area contributed by atoms with Crippen LogP contribution in [-0.2, 0) is 4.74 Å². The number of rotatable bonds is 7. The first-order valence-corrected chi connectivity index (χ1v) is 7.94. The molecule has 0 radical (unpaired) electrons. The molecule has 2 aromatic rings. The van der Waals surface area contributed by atoms with E-state index in [0.717, 1.165) is 6.07 Å². The summed E-state index contributed by atoms with van der Waals surface area (Å²) in [7, 11) is 1.31. The minimum absolute atomic E-state index is 0.000679. The predicted molar refractivity (Wildman–Crippen MR) is 91.9 cm³/mol. The SMILES string of the molecule is CCOc1cc(C(=O)OCC(=O)c2ccc(OC)c(F)c2)cc(Cl)c1O. The maximum absolute atomic E-state index is 13.6. The molecular formula is C18H16ClFO6. The van der Waals surface area contributed by atoms with Gasteiger partial charge in [-0.3, -0.25) is 4.79 Å². The Morgan fingerprint density at radius 3 is 2.50 bits per heavy atom. The summed E-state index contributed by atoms with van der Waals surface area (Å²) in [5, 5.41) is 9.67. The van der Waals surface area contributed by atoms with Gasteiger partial charge in [-0.1, -0.05) is 11.6 Å².